The van der Waals surface area contributed by atoms with Gasteiger partial charge in [0.2, 0.25) is 0 Å². The third kappa shape index (κ3) is 2.97. The van der Waals surface area contributed by atoms with E-state index in [1.807, 2.05) is 0 Å². The molecule has 1 aromatic rings. The number of rotatable bonds is 4. The summed E-state index contributed by atoms with van der Waals surface area (Å²) in [6.07, 6.45) is 6.44. The predicted octanol–water partition coefficient (Wildman–Crippen LogP) is 2.25. The Kier molecular flexibility index (Phi) is 4.14. The Bertz CT molecular complexity index is 370. The minimum absolute atomic E-state index is 0.171. The summed E-state index contributed by atoms with van der Waals surface area (Å²) in [6.45, 7) is 0. The van der Waals surface area contributed by atoms with Crippen LogP contribution in [0.25, 0.3) is 0 Å². The van der Waals surface area contributed by atoms with E-state index in [1.165, 1.54) is 13.2 Å². The monoisotopic (exact) mass is 207 g/mol. The lowest BCUT2D eigenvalue weighted by Crippen LogP contribution is -2.10. The summed E-state index contributed by atoms with van der Waals surface area (Å²) < 4.78 is 18.0. The highest BCUT2D eigenvalue weighted by Gasteiger charge is 2.09. The standard InChI is InChI=1S/C12H14FNO/c1-3-4-5-11(14)9-6-7-10(13)12(8-9)15-2/h1,6-8,11H,4-5,14H2,2H3. The quantitative estimate of drug-likeness (QED) is 0.768. The van der Waals surface area contributed by atoms with E-state index in [-0.39, 0.29) is 17.6 Å². The third-order valence-corrected chi connectivity index (χ3v) is 2.20. The van der Waals surface area contributed by atoms with Crippen molar-refractivity contribution in [2.45, 2.75) is 18.9 Å². The third-order valence-electron chi connectivity index (χ3n) is 2.20. The second-order valence-corrected chi connectivity index (χ2v) is 3.24. The van der Waals surface area contributed by atoms with Gasteiger partial charge in [-0.05, 0) is 24.1 Å². The van der Waals surface area contributed by atoms with Crippen LogP contribution < -0.4 is 10.5 Å². The summed E-state index contributed by atoms with van der Waals surface area (Å²) in [5.41, 5.74) is 6.72. The number of ether oxygens (including phenoxy) is 1. The van der Waals surface area contributed by atoms with Gasteiger partial charge >= 0.3 is 0 Å². The van der Waals surface area contributed by atoms with Gasteiger partial charge in [-0.15, -0.1) is 12.3 Å². The molecule has 15 heavy (non-hydrogen) atoms. The molecule has 0 radical (unpaired) electrons. The number of terminal acetylenes is 1. The van der Waals surface area contributed by atoms with E-state index in [4.69, 9.17) is 16.9 Å². The highest BCUT2D eigenvalue weighted by atomic mass is 19.1. The lowest BCUT2D eigenvalue weighted by atomic mass is 10.0. The first-order valence-electron chi connectivity index (χ1n) is 4.71. The number of halogens is 1. The fourth-order valence-corrected chi connectivity index (χ4v) is 1.31. The lowest BCUT2D eigenvalue weighted by molar-refractivity contribution is 0.385. The molecular formula is C12H14FNO. The minimum Gasteiger partial charge on any atom is -0.494 e. The molecule has 1 atom stereocenters. The number of nitrogens with two attached hydrogens (primary N) is 1. The predicted molar refractivity (Wildman–Crippen MR) is 57.9 cm³/mol. The van der Waals surface area contributed by atoms with E-state index in [1.54, 1.807) is 12.1 Å². The van der Waals surface area contributed by atoms with Gasteiger partial charge in [-0.25, -0.2) is 4.39 Å². The first-order chi connectivity index (χ1) is 7.19. The van der Waals surface area contributed by atoms with Crippen LogP contribution in [0.15, 0.2) is 18.2 Å². The van der Waals surface area contributed by atoms with Crippen LogP contribution in [0.3, 0.4) is 0 Å². The van der Waals surface area contributed by atoms with Crippen molar-refractivity contribution in [2.75, 3.05) is 7.11 Å². The summed E-state index contributed by atoms with van der Waals surface area (Å²) in [7, 11) is 1.43. The van der Waals surface area contributed by atoms with Gasteiger partial charge in [0, 0.05) is 12.5 Å². The van der Waals surface area contributed by atoms with Crippen LogP contribution in [0.5, 0.6) is 5.75 Å². The van der Waals surface area contributed by atoms with Crippen LogP contribution in [0.4, 0.5) is 4.39 Å². The Labute approximate surface area is 89.2 Å². The van der Waals surface area contributed by atoms with Gasteiger partial charge in [0.1, 0.15) is 0 Å². The van der Waals surface area contributed by atoms with Crippen LogP contribution in [0, 0.1) is 18.2 Å². The average Bonchev–Trinajstić information content (AvgIpc) is 2.26. The highest BCUT2D eigenvalue weighted by Crippen LogP contribution is 2.23. The Balaban J connectivity index is 2.82. The summed E-state index contributed by atoms with van der Waals surface area (Å²) >= 11 is 0. The first-order valence-corrected chi connectivity index (χ1v) is 4.71. The van der Waals surface area contributed by atoms with Crippen molar-refractivity contribution < 1.29 is 9.13 Å². The maximum Gasteiger partial charge on any atom is 0.165 e. The van der Waals surface area contributed by atoms with Gasteiger partial charge in [-0.3, -0.25) is 0 Å². The van der Waals surface area contributed by atoms with Crippen LogP contribution >= 0.6 is 0 Å². The summed E-state index contributed by atoms with van der Waals surface area (Å²) in [5, 5.41) is 0. The largest absolute Gasteiger partial charge is 0.494 e. The molecule has 2 N–H and O–H groups in total. The zero-order chi connectivity index (χ0) is 11.3. The lowest BCUT2D eigenvalue weighted by Gasteiger charge is -2.11. The zero-order valence-electron chi connectivity index (χ0n) is 8.66. The Hall–Kier alpha value is -1.53. The first kappa shape index (κ1) is 11.5. The van der Waals surface area contributed by atoms with E-state index in [2.05, 4.69) is 5.92 Å². The van der Waals surface area contributed by atoms with Gasteiger partial charge in [-0.1, -0.05) is 6.07 Å². The number of hydrogen-bond donors (Lipinski definition) is 1. The van der Waals surface area contributed by atoms with Crippen molar-refractivity contribution in [2.24, 2.45) is 5.73 Å². The molecule has 80 valence electrons. The summed E-state index contributed by atoms with van der Waals surface area (Å²) in [6, 6.07) is 4.44. The second kappa shape index (κ2) is 5.38. The topological polar surface area (TPSA) is 35.2 Å². The molecule has 0 aliphatic carbocycles. The van der Waals surface area contributed by atoms with E-state index in [0.717, 1.165) is 5.56 Å². The molecule has 1 aromatic carbocycles. The molecule has 0 heterocycles. The molecule has 0 spiro atoms. The molecule has 0 saturated heterocycles. The molecule has 1 unspecified atom stereocenters. The molecule has 0 bridgehead atoms. The molecule has 0 aliphatic heterocycles. The van der Waals surface area contributed by atoms with Gasteiger partial charge < -0.3 is 10.5 Å². The fourth-order valence-electron chi connectivity index (χ4n) is 1.31. The smallest absolute Gasteiger partial charge is 0.165 e. The van der Waals surface area contributed by atoms with Crippen molar-refractivity contribution in [1.82, 2.24) is 0 Å². The van der Waals surface area contributed by atoms with Crippen LogP contribution in [-0.2, 0) is 0 Å². The summed E-state index contributed by atoms with van der Waals surface area (Å²) in [4.78, 5) is 0. The second-order valence-electron chi connectivity index (χ2n) is 3.24. The van der Waals surface area contributed by atoms with E-state index in [9.17, 15) is 4.39 Å². The highest BCUT2D eigenvalue weighted by molar-refractivity contribution is 5.32. The maximum atomic E-state index is 13.1. The number of hydrogen-bond acceptors (Lipinski definition) is 2. The van der Waals surface area contributed by atoms with Crippen molar-refractivity contribution in [3.63, 3.8) is 0 Å². The average molecular weight is 207 g/mol. The van der Waals surface area contributed by atoms with Gasteiger partial charge in [0.15, 0.2) is 11.6 Å². The van der Waals surface area contributed by atoms with Crippen molar-refractivity contribution in [3.8, 4) is 18.1 Å². The fraction of sp³-hybridized carbons (Fsp3) is 0.333. The minimum atomic E-state index is -0.384. The number of benzene rings is 1. The van der Waals surface area contributed by atoms with Gasteiger partial charge in [0.05, 0.1) is 7.11 Å². The number of methoxy groups -OCH3 is 1. The zero-order valence-corrected chi connectivity index (χ0v) is 8.66. The van der Waals surface area contributed by atoms with Crippen LogP contribution in [0.2, 0.25) is 0 Å². The Morgan fingerprint density at radius 2 is 2.33 bits per heavy atom. The van der Waals surface area contributed by atoms with E-state index >= 15 is 0 Å². The molecule has 0 saturated carbocycles. The molecular weight excluding hydrogens is 193 g/mol. The maximum absolute atomic E-state index is 13.1. The van der Waals surface area contributed by atoms with Crippen LogP contribution in [-0.4, -0.2) is 7.11 Å². The molecule has 3 heteroatoms. The van der Waals surface area contributed by atoms with Crippen molar-refractivity contribution >= 4 is 0 Å². The molecule has 0 amide bonds. The van der Waals surface area contributed by atoms with Crippen molar-refractivity contribution in [3.05, 3.63) is 29.6 Å². The molecule has 0 aliphatic rings. The Morgan fingerprint density at radius 1 is 1.60 bits per heavy atom. The van der Waals surface area contributed by atoms with Gasteiger partial charge in [0.25, 0.3) is 0 Å². The molecule has 0 aromatic heterocycles. The van der Waals surface area contributed by atoms with Crippen LogP contribution in [0.1, 0.15) is 24.4 Å². The molecule has 2 nitrogen and oxygen atoms in total. The van der Waals surface area contributed by atoms with E-state index in [0.29, 0.717) is 12.8 Å². The van der Waals surface area contributed by atoms with Gasteiger partial charge in [-0.2, -0.15) is 0 Å². The molecule has 1 rings (SSSR count). The van der Waals surface area contributed by atoms with E-state index < -0.39 is 0 Å². The van der Waals surface area contributed by atoms with Crippen molar-refractivity contribution in [1.29, 1.82) is 0 Å². The SMILES string of the molecule is C#CCCC(N)c1ccc(F)c(OC)c1. The summed E-state index contributed by atoms with van der Waals surface area (Å²) in [5.74, 6) is 2.35. The normalized spacial score (nSPS) is 11.9. The Morgan fingerprint density at radius 3 is 2.93 bits per heavy atom. The molecule has 0 fully saturated rings.